The van der Waals surface area contributed by atoms with Gasteiger partial charge in [-0.2, -0.15) is 0 Å². The molecule has 2 rings (SSSR count). The molecule has 0 aromatic heterocycles. The number of carboxylic acid groups (broad SMARTS) is 1. The molecule has 3 N–H and O–H groups in total. The van der Waals surface area contributed by atoms with Gasteiger partial charge in [0.15, 0.2) is 11.5 Å². The van der Waals surface area contributed by atoms with Crippen LogP contribution in [0.4, 0.5) is 10.5 Å². The van der Waals surface area contributed by atoms with Crippen LogP contribution in [-0.2, 0) is 9.53 Å². The molecule has 1 amide bonds. The molecule has 160 valence electrons. The maximum atomic E-state index is 12.5. The Morgan fingerprint density at radius 1 is 1.20 bits per heavy atom. The molecule has 2 atom stereocenters. The Hall–Kier alpha value is -3.00. The molecule has 0 unspecified atom stereocenters. The summed E-state index contributed by atoms with van der Waals surface area (Å²) >= 11 is 3.34. The first-order valence-corrected chi connectivity index (χ1v) is 10.1. The molecule has 30 heavy (non-hydrogen) atoms. The van der Waals surface area contributed by atoms with Crippen LogP contribution in [0.5, 0.6) is 11.5 Å². The number of carbonyl (C=O) groups is 2. The van der Waals surface area contributed by atoms with Crippen LogP contribution in [0.1, 0.15) is 31.4 Å². The third-order valence-corrected chi connectivity index (χ3v) is 4.95. The fourth-order valence-corrected chi connectivity index (χ4v) is 3.15. The van der Waals surface area contributed by atoms with E-state index in [2.05, 4.69) is 21.2 Å². The predicted molar refractivity (Wildman–Crippen MR) is 117 cm³/mol. The number of benzene rings is 2. The number of ether oxygens (including phenoxy) is 2. The van der Waals surface area contributed by atoms with Crippen molar-refractivity contribution in [3.8, 4) is 11.5 Å². The summed E-state index contributed by atoms with van der Waals surface area (Å²) in [5, 5.41) is 21.5. The molecule has 0 saturated heterocycles. The van der Waals surface area contributed by atoms with E-state index in [1.54, 1.807) is 42.5 Å². The summed E-state index contributed by atoms with van der Waals surface area (Å²) in [4.78, 5) is 23.1. The fraction of sp³-hybridized carbons (Fsp3) is 0.273. The Balaban J connectivity index is 2.16. The lowest BCUT2D eigenvalue weighted by Gasteiger charge is -2.25. The summed E-state index contributed by atoms with van der Waals surface area (Å²) in [5.41, 5.74) is 1.19. The van der Waals surface area contributed by atoms with E-state index in [-0.39, 0.29) is 11.7 Å². The van der Waals surface area contributed by atoms with Gasteiger partial charge >= 0.3 is 12.1 Å². The molecule has 0 aliphatic heterocycles. The number of phenols is 1. The van der Waals surface area contributed by atoms with Gasteiger partial charge in [-0.15, -0.1) is 0 Å². The molecule has 2 aromatic rings. The Morgan fingerprint density at radius 2 is 1.90 bits per heavy atom. The van der Waals surface area contributed by atoms with Crippen LogP contribution in [0, 0.1) is 5.92 Å². The summed E-state index contributed by atoms with van der Waals surface area (Å²) in [6.45, 7) is 1.90. The average molecular weight is 478 g/mol. The molecule has 0 radical (unpaired) electrons. The van der Waals surface area contributed by atoms with Gasteiger partial charge in [-0.05, 0) is 60.7 Å². The van der Waals surface area contributed by atoms with Crippen molar-refractivity contribution in [2.75, 3.05) is 12.4 Å². The smallest absolute Gasteiger partial charge is 0.412 e. The second-order valence-corrected chi connectivity index (χ2v) is 7.60. The topological polar surface area (TPSA) is 105 Å². The molecule has 7 nitrogen and oxygen atoms in total. The van der Waals surface area contributed by atoms with E-state index in [0.29, 0.717) is 29.8 Å². The zero-order chi connectivity index (χ0) is 22.1. The molecule has 0 aliphatic carbocycles. The molecule has 0 fully saturated rings. The molecule has 0 spiro atoms. The second-order valence-electron chi connectivity index (χ2n) is 6.68. The first kappa shape index (κ1) is 23.3. The number of carbonyl (C=O) groups excluding carboxylic acids is 1. The monoisotopic (exact) mass is 477 g/mol. The fourth-order valence-electron chi connectivity index (χ4n) is 2.89. The van der Waals surface area contributed by atoms with E-state index in [1.165, 1.54) is 13.2 Å². The molecule has 2 aromatic carbocycles. The van der Waals surface area contributed by atoms with Crippen molar-refractivity contribution in [1.29, 1.82) is 0 Å². The maximum Gasteiger partial charge on any atom is 0.412 e. The number of anilines is 1. The maximum absolute atomic E-state index is 12.5. The number of halogens is 1. The quantitative estimate of drug-likeness (QED) is 0.411. The SMILES string of the molecule is COc1ccc([C@H](OC(=O)Nc2ccc(Br)cc2)[C@@H](C)CC/C=C/C(=O)O)cc1O. The van der Waals surface area contributed by atoms with Gasteiger partial charge in [-0.25, -0.2) is 9.59 Å². The highest BCUT2D eigenvalue weighted by Gasteiger charge is 2.24. The first-order valence-electron chi connectivity index (χ1n) is 9.29. The number of carboxylic acids is 1. The number of nitrogens with one attached hydrogen (secondary N) is 1. The minimum Gasteiger partial charge on any atom is -0.504 e. The molecule has 0 heterocycles. The zero-order valence-corrected chi connectivity index (χ0v) is 18.3. The van der Waals surface area contributed by atoms with Crippen LogP contribution in [0.15, 0.2) is 59.1 Å². The summed E-state index contributed by atoms with van der Waals surface area (Å²) in [5.74, 6) is -0.903. The van der Waals surface area contributed by atoms with Crippen molar-refractivity contribution in [3.05, 3.63) is 64.7 Å². The lowest BCUT2D eigenvalue weighted by atomic mass is 9.92. The van der Waals surface area contributed by atoms with Gasteiger partial charge in [0.05, 0.1) is 7.11 Å². The van der Waals surface area contributed by atoms with Crippen molar-refractivity contribution in [2.45, 2.75) is 25.9 Å². The summed E-state index contributed by atoms with van der Waals surface area (Å²) in [6, 6.07) is 11.9. The summed E-state index contributed by atoms with van der Waals surface area (Å²) < 4.78 is 11.6. The molecule has 0 saturated carbocycles. The second kappa shape index (κ2) is 11.3. The average Bonchev–Trinajstić information content (AvgIpc) is 2.70. The van der Waals surface area contributed by atoms with Crippen LogP contribution < -0.4 is 10.1 Å². The molecule has 8 heteroatoms. The number of hydrogen-bond acceptors (Lipinski definition) is 5. The number of aromatic hydroxyl groups is 1. The highest BCUT2D eigenvalue weighted by Crippen LogP contribution is 2.35. The van der Waals surface area contributed by atoms with E-state index >= 15 is 0 Å². The van der Waals surface area contributed by atoms with Crippen molar-refractivity contribution >= 4 is 33.7 Å². The number of phenolic OH excluding ortho intramolecular Hbond substituents is 1. The molecule has 0 bridgehead atoms. The summed E-state index contributed by atoms with van der Waals surface area (Å²) in [7, 11) is 1.45. The van der Waals surface area contributed by atoms with Crippen molar-refractivity contribution in [1.82, 2.24) is 0 Å². The van der Waals surface area contributed by atoms with Crippen LogP contribution in [0.3, 0.4) is 0 Å². The van der Waals surface area contributed by atoms with Crippen LogP contribution in [0.2, 0.25) is 0 Å². The van der Waals surface area contributed by atoms with Crippen LogP contribution in [-0.4, -0.2) is 29.4 Å². The van der Waals surface area contributed by atoms with Crippen molar-refractivity contribution in [2.24, 2.45) is 5.92 Å². The number of allylic oxidation sites excluding steroid dienone is 1. The van der Waals surface area contributed by atoms with Crippen molar-refractivity contribution in [3.63, 3.8) is 0 Å². The number of hydrogen-bond donors (Lipinski definition) is 3. The van der Waals surface area contributed by atoms with Gasteiger partial charge in [0.25, 0.3) is 0 Å². The van der Waals surface area contributed by atoms with Gasteiger partial charge in [0.2, 0.25) is 0 Å². The molecular formula is C22H24BrNO6. The zero-order valence-electron chi connectivity index (χ0n) is 16.7. The normalized spacial score (nSPS) is 12.9. The largest absolute Gasteiger partial charge is 0.504 e. The van der Waals surface area contributed by atoms with E-state index in [9.17, 15) is 14.7 Å². The van der Waals surface area contributed by atoms with Gasteiger partial charge in [-0.3, -0.25) is 5.32 Å². The minimum absolute atomic E-state index is 0.0603. The number of amides is 1. The lowest BCUT2D eigenvalue weighted by Crippen LogP contribution is -2.22. The van der Waals surface area contributed by atoms with E-state index < -0.39 is 18.2 Å². The van der Waals surface area contributed by atoms with Gasteiger partial charge < -0.3 is 19.7 Å². The molecule has 0 aliphatic rings. The van der Waals surface area contributed by atoms with Gasteiger partial charge in [0.1, 0.15) is 6.10 Å². The third kappa shape index (κ3) is 7.11. The van der Waals surface area contributed by atoms with Gasteiger partial charge in [0, 0.05) is 16.2 Å². The number of rotatable bonds is 9. The Labute approximate surface area is 183 Å². The van der Waals surface area contributed by atoms with E-state index in [1.807, 2.05) is 6.92 Å². The van der Waals surface area contributed by atoms with E-state index in [4.69, 9.17) is 14.6 Å². The van der Waals surface area contributed by atoms with Crippen LogP contribution in [0.25, 0.3) is 0 Å². The highest BCUT2D eigenvalue weighted by molar-refractivity contribution is 9.10. The number of methoxy groups -OCH3 is 1. The van der Waals surface area contributed by atoms with Gasteiger partial charge in [-0.1, -0.05) is 35.0 Å². The molecular weight excluding hydrogens is 454 g/mol. The standard InChI is InChI=1S/C22H24BrNO6/c1-14(5-3-4-6-20(26)27)21(15-7-12-19(29-2)18(25)13-15)30-22(28)24-17-10-8-16(23)9-11-17/h4,6-14,21,25H,3,5H2,1-2H3,(H,24,28)(H,26,27)/b6-4+/t14-,21+/m0/s1. The van der Waals surface area contributed by atoms with E-state index in [0.717, 1.165) is 10.5 Å². The summed E-state index contributed by atoms with van der Waals surface area (Å²) in [6.07, 6.45) is 2.43. The first-order chi connectivity index (χ1) is 14.3. The lowest BCUT2D eigenvalue weighted by molar-refractivity contribution is -0.131. The highest BCUT2D eigenvalue weighted by atomic mass is 79.9. The third-order valence-electron chi connectivity index (χ3n) is 4.42. The minimum atomic E-state index is -1.01. The predicted octanol–water partition coefficient (Wildman–Crippen LogP) is 5.51. The Morgan fingerprint density at radius 3 is 2.50 bits per heavy atom. The Bertz CT molecular complexity index is 897. The Kier molecular flexibility index (Phi) is 8.73. The van der Waals surface area contributed by atoms with Crippen molar-refractivity contribution < 1.29 is 29.3 Å². The number of aliphatic carboxylic acids is 1. The van der Waals surface area contributed by atoms with Crippen LogP contribution >= 0.6 is 15.9 Å².